The van der Waals surface area contributed by atoms with E-state index in [0.29, 0.717) is 6.42 Å². The van der Waals surface area contributed by atoms with Crippen LogP contribution >= 0.6 is 0 Å². The molecule has 0 spiro atoms. The smallest absolute Gasteiger partial charge is 0.223 e. The number of carbonyl (C=O) groups is 1. The largest absolute Gasteiger partial charge is 0.359 e. The third-order valence-corrected chi connectivity index (χ3v) is 1.02. The number of amides is 1. The molecule has 0 saturated heterocycles. The second-order valence-corrected chi connectivity index (χ2v) is 1.83. The van der Waals surface area contributed by atoms with Crippen LogP contribution in [0.3, 0.4) is 0 Å². The van der Waals surface area contributed by atoms with Gasteiger partial charge in [0.2, 0.25) is 5.91 Å². The monoisotopic (exact) mass is 139 g/mol. The molecule has 0 aliphatic rings. The van der Waals surface area contributed by atoms with E-state index in [1.165, 1.54) is 0 Å². The van der Waals surface area contributed by atoms with Crippen molar-refractivity contribution in [3.8, 4) is 0 Å². The first-order valence-corrected chi connectivity index (χ1v) is 3.29. The zero-order valence-corrected chi connectivity index (χ0v) is 6.42. The number of carbonyl (C=O) groups excluding carboxylic acids is 1. The lowest BCUT2D eigenvalue weighted by Gasteiger charge is -1.90. The Morgan fingerprint density at radius 1 is 1.50 bits per heavy atom. The van der Waals surface area contributed by atoms with Gasteiger partial charge in [0.1, 0.15) is 0 Å². The van der Waals surface area contributed by atoms with E-state index in [2.05, 4.69) is 5.32 Å². The fourth-order valence-electron chi connectivity index (χ4n) is 0.467. The molecule has 0 bridgehead atoms. The van der Waals surface area contributed by atoms with Crippen LogP contribution in [0.2, 0.25) is 0 Å². The van der Waals surface area contributed by atoms with Crippen molar-refractivity contribution in [2.75, 3.05) is 7.05 Å². The van der Waals surface area contributed by atoms with Crippen LogP contribution in [-0.2, 0) is 4.79 Å². The maximum Gasteiger partial charge on any atom is 0.223 e. The van der Waals surface area contributed by atoms with Gasteiger partial charge in [0, 0.05) is 13.5 Å². The maximum atomic E-state index is 10.6. The summed E-state index contributed by atoms with van der Waals surface area (Å²) >= 11 is 0. The molecule has 0 atom stereocenters. The molecule has 0 saturated carbocycles. The Kier molecular flexibility index (Phi) is 5.44. The Bertz CT molecular complexity index is 147. The Balaban J connectivity index is 3.43. The van der Waals surface area contributed by atoms with E-state index < -0.39 is 0 Å². The number of nitrogens with one attached hydrogen (secondary N) is 1. The molecule has 0 rings (SSSR count). The number of hydrogen-bond donors (Lipinski definition) is 1. The summed E-state index contributed by atoms with van der Waals surface area (Å²) in [5.41, 5.74) is 0. The van der Waals surface area contributed by atoms with Crippen molar-refractivity contribution < 1.29 is 4.79 Å². The summed E-state index contributed by atoms with van der Waals surface area (Å²) in [6, 6.07) is 0. The van der Waals surface area contributed by atoms with Gasteiger partial charge in [-0.1, -0.05) is 24.3 Å². The highest BCUT2D eigenvalue weighted by molar-refractivity contribution is 5.77. The zero-order chi connectivity index (χ0) is 7.82. The van der Waals surface area contributed by atoms with E-state index in [9.17, 15) is 4.79 Å². The van der Waals surface area contributed by atoms with Crippen molar-refractivity contribution in [3.63, 3.8) is 0 Å². The van der Waals surface area contributed by atoms with Crippen molar-refractivity contribution in [2.45, 2.75) is 13.3 Å². The van der Waals surface area contributed by atoms with E-state index in [0.717, 1.165) is 0 Å². The minimum absolute atomic E-state index is 0.0424. The maximum absolute atomic E-state index is 10.6. The second-order valence-electron chi connectivity index (χ2n) is 1.83. The van der Waals surface area contributed by atoms with Gasteiger partial charge in [-0.2, -0.15) is 0 Å². The van der Waals surface area contributed by atoms with Gasteiger partial charge in [0.15, 0.2) is 0 Å². The average molecular weight is 139 g/mol. The van der Waals surface area contributed by atoms with Crippen molar-refractivity contribution in [1.82, 2.24) is 5.32 Å². The van der Waals surface area contributed by atoms with E-state index in [1.807, 2.05) is 31.2 Å². The first kappa shape index (κ1) is 8.95. The first-order valence-electron chi connectivity index (χ1n) is 3.29. The molecule has 2 nitrogen and oxygen atoms in total. The van der Waals surface area contributed by atoms with E-state index in [4.69, 9.17) is 0 Å². The molecule has 0 aliphatic heterocycles. The van der Waals surface area contributed by atoms with Crippen LogP contribution in [-0.4, -0.2) is 13.0 Å². The second kappa shape index (κ2) is 6.08. The lowest BCUT2D eigenvalue weighted by molar-refractivity contribution is -0.119. The Labute approximate surface area is 61.6 Å². The highest BCUT2D eigenvalue weighted by Crippen LogP contribution is 1.83. The highest BCUT2D eigenvalue weighted by atomic mass is 16.1. The summed E-state index contributed by atoms with van der Waals surface area (Å²) < 4.78 is 0. The molecule has 56 valence electrons. The summed E-state index contributed by atoms with van der Waals surface area (Å²) in [6.45, 7) is 1.93. The molecular formula is C8H13NO. The van der Waals surface area contributed by atoms with Gasteiger partial charge in [-0.05, 0) is 6.92 Å². The molecule has 0 aliphatic carbocycles. The zero-order valence-electron chi connectivity index (χ0n) is 6.42. The molecule has 0 heterocycles. The van der Waals surface area contributed by atoms with Gasteiger partial charge in [-0.3, -0.25) is 4.79 Å². The van der Waals surface area contributed by atoms with Crippen LogP contribution in [0.4, 0.5) is 0 Å². The van der Waals surface area contributed by atoms with Gasteiger partial charge < -0.3 is 5.32 Å². The molecule has 0 aromatic heterocycles. The van der Waals surface area contributed by atoms with Crippen molar-refractivity contribution in [3.05, 3.63) is 24.3 Å². The molecule has 1 N–H and O–H groups in total. The molecule has 10 heavy (non-hydrogen) atoms. The highest BCUT2D eigenvalue weighted by Gasteiger charge is 1.88. The van der Waals surface area contributed by atoms with Crippen LogP contribution in [0.25, 0.3) is 0 Å². The van der Waals surface area contributed by atoms with Gasteiger partial charge in [-0.25, -0.2) is 0 Å². The molecule has 0 aromatic carbocycles. The molecule has 0 fully saturated rings. The molecule has 1 amide bonds. The average Bonchev–Trinajstić information content (AvgIpc) is 1.98. The molecule has 0 radical (unpaired) electrons. The molecule has 0 unspecified atom stereocenters. The van der Waals surface area contributed by atoms with E-state index >= 15 is 0 Å². The first-order chi connectivity index (χ1) is 4.81. The fraction of sp³-hybridized carbons (Fsp3) is 0.375. The van der Waals surface area contributed by atoms with Crippen molar-refractivity contribution in [2.24, 2.45) is 0 Å². The summed E-state index contributed by atoms with van der Waals surface area (Å²) in [4.78, 5) is 10.6. The Morgan fingerprint density at radius 2 is 2.20 bits per heavy atom. The number of rotatable bonds is 3. The third-order valence-electron chi connectivity index (χ3n) is 1.02. The minimum atomic E-state index is 0.0424. The third kappa shape index (κ3) is 5.09. The van der Waals surface area contributed by atoms with E-state index in [-0.39, 0.29) is 5.91 Å². The summed E-state index contributed by atoms with van der Waals surface area (Å²) in [7, 11) is 1.63. The molecule has 2 heteroatoms. The predicted octanol–water partition coefficient (Wildman–Crippen LogP) is 1.25. The van der Waals surface area contributed by atoms with Crippen molar-refractivity contribution in [1.29, 1.82) is 0 Å². The normalized spacial score (nSPS) is 11.0. The topological polar surface area (TPSA) is 29.1 Å². The van der Waals surface area contributed by atoms with Crippen LogP contribution < -0.4 is 5.32 Å². The van der Waals surface area contributed by atoms with Crippen LogP contribution in [0.5, 0.6) is 0 Å². The van der Waals surface area contributed by atoms with Gasteiger partial charge in [0.25, 0.3) is 0 Å². The van der Waals surface area contributed by atoms with Gasteiger partial charge in [-0.15, -0.1) is 0 Å². The van der Waals surface area contributed by atoms with E-state index in [1.54, 1.807) is 7.05 Å². The summed E-state index contributed by atoms with van der Waals surface area (Å²) in [5.74, 6) is 0.0424. The van der Waals surface area contributed by atoms with Crippen LogP contribution in [0.15, 0.2) is 24.3 Å². The predicted molar refractivity (Wildman–Crippen MR) is 42.6 cm³/mol. The van der Waals surface area contributed by atoms with Crippen LogP contribution in [0.1, 0.15) is 13.3 Å². The standard InChI is InChI=1S/C8H13NO/c1-3-4-5-6-7-8(10)9-2/h3-6H,7H2,1-2H3,(H,9,10)/b4-3-,6-5-. The Morgan fingerprint density at radius 3 is 2.70 bits per heavy atom. The number of allylic oxidation sites excluding steroid dienone is 3. The van der Waals surface area contributed by atoms with Crippen molar-refractivity contribution >= 4 is 5.91 Å². The van der Waals surface area contributed by atoms with Crippen LogP contribution in [0, 0.1) is 0 Å². The van der Waals surface area contributed by atoms with Gasteiger partial charge >= 0.3 is 0 Å². The Hall–Kier alpha value is -1.05. The SMILES string of the molecule is C/C=C\C=C/CC(=O)NC. The fourth-order valence-corrected chi connectivity index (χ4v) is 0.467. The summed E-state index contributed by atoms with van der Waals surface area (Å²) in [5, 5.41) is 2.53. The number of hydrogen-bond acceptors (Lipinski definition) is 1. The van der Waals surface area contributed by atoms with Gasteiger partial charge in [0.05, 0.1) is 0 Å². The summed E-state index contributed by atoms with van der Waals surface area (Å²) in [6.07, 6.45) is 7.94. The molecular weight excluding hydrogens is 126 g/mol. The lowest BCUT2D eigenvalue weighted by atomic mass is 10.3. The lowest BCUT2D eigenvalue weighted by Crippen LogP contribution is -2.15. The minimum Gasteiger partial charge on any atom is -0.359 e. The molecule has 0 aromatic rings. The quantitative estimate of drug-likeness (QED) is 0.586.